The number of pyridine rings is 1. The fourth-order valence-electron chi connectivity index (χ4n) is 2.88. The zero-order chi connectivity index (χ0) is 20.1. The van der Waals surface area contributed by atoms with Crippen molar-refractivity contribution in [2.45, 2.75) is 25.8 Å². The van der Waals surface area contributed by atoms with Crippen molar-refractivity contribution in [1.29, 1.82) is 0 Å². The third-order valence-electron chi connectivity index (χ3n) is 4.28. The fraction of sp³-hybridized carbons (Fsp3) is 0.211. The standard InChI is InChI=1S/C19H20N6O3/c1-12-23-11-15(25(12)16-6-2-3-9-22-16)19(28)24-14(17(26)18(20)27)8-7-13-5-4-10-21-13/h2-6,9-11,14,21H,7-8H2,1H3,(H2,20,27)(H,24,28). The molecular formula is C19H20N6O3. The number of aryl methyl sites for hydroxylation is 2. The number of aromatic nitrogens is 4. The number of ketones is 1. The van der Waals surface area contributed by atoms with Crippen molar-refractivity contribution >= 4 is 17.6 Å². The molecule has 0 bridgehead atoms. The molecule has 144 valence electrons. The van der Waals surface area contributed by atoms with E-state index in [9.17, 15) is 14.4 Å². The Kier molecular flexibility index (Phi) is 5.64. The molecule has 2 amide bonds. The van der Waals surface area contributed by atoms with Gasteiger partial charge in [0.1, 0.15) is 17.3 Å². The van der Waals surface area contributed by atoms with E-state index < -0.39 is 23.6 Å². The maximum atomic E-state index is 12.8. The van der Waals surface area contributed by atoms with Crippen LogP contribution in [0.4, 0.5) is 0 Å². The largest absolute Gasteiger partial charge is 0.365 e. The van der Waals surface area contributed by atoms with Gasteiger partial charge in [0.25, 0.3) is 11.8 Å². The van der Waals surface area contributed by atoms with Crippen LogP contribution in [0.2, 0.25) is 0 Å². The summed E-state index contributed by atoms with van der Waals surface area (Å²) in [6, 6.07) is 7.93. The molecule has 0 fully saturated rings. The Hall–Kier alpha value is -3.75. The van der Waals surface area contributed by atoms with Gasteiger partial charge in [0.2, 0.25) is 5.78 Å². The molecule has 0 aliphatic heterocycles. The fourth-order valence-corrected chi connectivity index (χ4v) is 2.88. The summed E-state index contributed by atoms with van der Waals surface area (Å²) in [6.45, 7) is 1.74. The van der Waals surface area contributed by atoms with Gasteiger partial charge in [0.15, 0.2) is 0 Å². The summed E-state index contributed by atoms with van der Waals surface area (Å²) in [6.07, 6.45) is 5.45. The maximum Gasteiger partial charge on any atom is 0.287 e. The maximum absolute atomic E-state index is 12.8. The van der Waals surface area contributed by atoms with Gasteiger partial charge >= 0.3 is 0 Å². The molecular weight excluding hydrogens is 360 g/mol. The Bertz CT molecular complexity index is 979. The van der Waals surface area contributed by atoms with Gasteiger partial charge in [-0.2, -0.15) is 0 Å². The summed E-state index contributed by atoms with van der Waals surface area (Å²) in [7, 11) is 0. The zero-order valence-electron chi connectivity index (χ0n) is 15.3. The molecule has 3 rings (SSSR count). The predicted molar refractivity (Wildman–Crippen MR) is 101 cm³/mol. The van der Waals surface area contributed by atoms with Crippen LogP contribution in [0.15, 0.2) is 48.9 Å². The molecule has 28 heavy (non-hydrogen) atoms. The summed E-state index contributed by atoms with van der Waals surface area (Å²) >= 11 is 0. The normalized spacial score (nSPS) is 11.8. The lowest BCUT2D eigenvalue weighted by atomic mass is 10.0. The smallest absolute Gasteiger partial charge is 0.287 e. The molecule has 0 aromatic carbocycles. The number of nitrogens with zero attached hydrogens (tertiary/aromatic N) is 3. The number of H-pyrrole nitrogens is 1. The predicted octanol–water partition coefficient (Wildman–Crippen LogP) is 0.689. The van der Waals surface area contributed by atoms with E-state index >= 15 is 0 Å². The van der Waals surface area contributed by atoms with Crippen LogP contribution in [-0.4, -0.2) is 43.2 Å². The van der Waals surface area contributed by atoms with Crippen molar-refractivity contribution in [3.63, 3.8) is 0 Å². The number of imidazole rings is 1. The molecule has 3 aromatic rings. The van der Waals surface area contributed by atoms with Crippen LogP contribution >= 0.6 is 0 Å². The minimum Gasteiger partial charge on any atom is -0.365 e. The quantitative estimate of drug-likeness (QED) is 0.494. The number of carbonyl (C=O) groups is 3. The third kappa shape index (κ3) is 4.14. The topological polar surface area (TPSA) is 136 Å². The van der Waals surface area contributed by atoms with Crippen LogP contribution in [-0.2, 0) is 16.0 Å². The van der Waals surface area contributed by atoms with Gasteiger partial charge in [-0.05, 0) is 44.0 Å². The molecule has 0 aliphatic carbocycles. The average molecular weight is 380 g/mol. The number of Topliss-reactive ketones (excluding diaryl/α,β-unsaturated/α-hetero) is 1. The summed E-state index contributed by atoms with van der Waals surface area (Å²) in [5.74, 6) is -1.40. The molecule has 9 nitrogen and oxygen atoms in total. The van der Waals surface area contributed by atoms with E-state index in [1.807, 2.05) is 12.1 Å². The van der Waals surface area contributed by atoms with Crippen molar-refractivity contribution in [3.8, 4) is 5.82 Å². The minimum absolute atomic E-state index is 0.207. The van der Waals surface area contributed by atoms with Gasteiger partial charge in [-0.15, -0.1) is 0 Å². The molecule has 0 spiro atoms. The second kappa shape index (κ2) is 8.30. The number of nitrogens with two attached hydrogens (primary N) is 1. The summed E-state index contributed by atoms with van der Waals surface area (Å²) in [5, 5.41) is 2.61. The van der Waals surface area contributed by atoms with Gasteiger partial charge in [-0.1, -0.05) is 6.07 Å². The number of nitrogens with one attached hydrogen (secondary N) is 2. The Morgan fingerprint density at radius 2 is 2.04 bits per heavy atom. The van der Waals surface area contributed by atoms with Crippen molar-refractivity contribution in [3.05, 3.63) is 66.1 Å². The van der Waals surface area contributed by atoms with Crippen LogP contribution < -0.4 is 11.1 Å². The molecule has 1 unspecified atom stereocenters. The highest BCUT2D eigenvalue weighted by Gasteiger charge is 2.27. The van der Waals surface area contributed by atoms with Crippen LogP contribution in [0, 0.1) is 6.92 Å². The zero-order valence-corrected chi connectivity index (χ0v) is 15.3. The lowest BCUT2D eigenvalue weighted by molar-refractivity contribution is -0.137. The van der Waals surface area contributed by atoms with E-state index in [-0.39, 0.29) is 12.1 Å². The van der Waals surface area contributed by atoms with Gasteiger partial charge in [-0.25, -0.2) is 9.97 Å². The second-order valence-electron chi connectivity index (χ2n) is 6.20. The molecule has 1 atom stereocenters. The van der Waals surface area contributed by atoms with E-state index in [0.717, 1.165) is 5.69 Å². The second-order valence-corrected chi connectivity index (χ2v) is 6.20. The van der Waals surface area contributed by atoms with Crippen molar-refractivity contribution in [1.82, 2.24) is 24.8 Å². The first-order chi connectivity index (χ1) is 13.5. The summed E-state index contributed by atoms with van der Waals surface area (Å²) in [4.78, 5) is 47.9. The van der Waals surface area contributed by atoms with Gasteiger partial charge in [0.05, 0.1) is 12.2 Å². The number of hydrogen-bond acceptors (Lipinski definition) is 5. The van der Waals surface area contributed by atoms with E-state index in [1.165, 1.54) is 6.20 Å². The highest BCUT2D eigenvalue weighted by atomic mass is 16.2. The molecule has 3 aromatic heterocycles. The van der Waals surface area contributed by atoms with E-state index in [0.29, 0.717) is 18.1 Å². The molecule has 0 aliphatic rings. The van der Waals surface area contributed by atoms with Crippen LogP contribution in [0.3, 0.4) is 0 Å². The Labute approximate surface area is 161 Å². The first kappa shape index (κ1) is 19.0. The number of aromatic amines is 1. The Morgan fingerprint density at radius 3 is 2.68 bits per heavy atom. The summed E-state index contributed by atoms with van der Waals surface area (Å²) in [5.41, 5.74) is 6.24. The van der Waals surface area contributed by atoms with Crippen molar-refractivity contribution < 1.29 is 14.4 Å². The SMILES string of the molecule is Cc1ncc(C(=O)NC(CCc2ccc[nH]2)C(=O)C(N)=O)n1-c1ccccn1. The lowest BCUT2D eigenvalue weighted by Crippen LogP contribution is -2.46. The Balaban J connectivity index is 1.82. The van der Waals surface area contributed by atoms with E-state index in [2.05, 4.69) is 20.3 Å². The average Bonchev–Trinajstić information content (AvgIpc) is 3.34. The van der Waals surface area contributed by atoms with Gasteiger partial charge < -0.3 is 16.0 Å². The van der Waals surface area contributed by atoms with E-state index in [1.54, 1.807) is 42.1 Å². The molecule has 0 saturated carbocycles. The van der Waals surface area contributed by atoms with Crippen LogP contribution in [0.5, 0.6) is 0 Å². The first-order valence-electron chi connectivity index (χ1n) is 8.70. The van der Waals surface area contributed by atoms with Crippen LogP contribution in [0.1, 0.15) is 28.4 Å². The number of carbonyl (C=O) groups excluding carboxylic acids is 3. The number of primary amides is 1. The number of hydrogen-bond donors (Lipinski definition) is 3. The van der Waals surface area contributed by atoms with Gasteiger partial charge in [0, 0.05) is 18.1 Å². The number of amides is 2. The lowest BCUT2D eigenvalue weighted by Gasteiger charge is -2.17. The molecule has 3 heterocycles. The minimum atomic E-state index is -1.09. The number of rotatable bonds is 8. The molecule has 4 N–H and O–H groups in total. The first-order valence-corrected chi connectivity index (χ1v) is 8.70. The molecule has 9 heteroatoms. The van der Waals surface area contributed by atoms with Crippen molar-refractivity contribution in [2.75, 3.05) is 0 Å². The molecule has 0 radical (unpaired) electrons. The summed E-state index contributed by atoms with van der Waals surface area (Å²) < 4.78 is 1.58. The highest BCUT2D eigenvalue weighted by Crippen LogP contribution is 2.13. The third-order valence-corrected chi connectivity index (χ3v) is 4.28. The highest BCUT2D eigenvalue weighted by molar-refractivity contribution is 6.37. The van der Waals surface area contributed by atoms with Crippen molar-refractivity contribution in [2.24, 2.45) is 5.73 Å². The Morgan fingerprint density at radius 1 is 1.21 bits per heavy atom. The van der Waals surface area contributed by atoms with Crippen LogP contribution in [0.25, 0.3) is 5.82 Å². The molecule has 0 saturated heterocycles. The van der Waals surface area contributed by atoms with Gasteiger partial charge in [-0.3, -0.25) is 19.0 Å². The van der Waals surface area contributed by atoms with E-state index in [4.69, 9.17) is 5.73 Å². The monoisotopic (exact) mass is 380 g/mol.